The van der Waals surface area contributed by atoms with Gasteiger partial charge >= 0.3 is 0 Å². The minimum Gasteiger partial charge on any atom is -0.265 e. The molecule has 0 unspecified atom stereocenters. The van der Waals surface area contributed by atoms with Crippen molar-refractivity contribution in [2.45, 2.75) is 0 Å². The van der Waals surface area contributed by atoms with Gasteiger partial charge in [-0.05, 0) is 34.5 Å². The molecule has 3 nitrogen and oxygen atoms in total. The molecule has 1 aliphatic rings. The fourth-order valence-electron chi connectivity index (χ4n) is 1.09. The second-order valence-electron chi connectivity index (χ2n) is 2.43. The largest absolute Gasteiger partial charge is 0.265 e. The molecule has 12 heavy (non-hydrogen) atoms. The summed E-state index contributed by atoms with van der Waals surface area (Å²) in [5.41, 5.74) is 0. The van der Waals surface area contributed by atoms with Crippen molar-refractivity contribution >= 4 is 40.7 Å². The van der Waals surface area contributed by atoms with Gasteiger partial charge in [-0.25, -0.2) is 4.99 Å². The lowest BCUT2D eigenvalue weighted by molar-refractivity contribution is 0.735. The van der Waals surface area contributed by atoms with Gasteiger partial charge in [-0.15, -0.1) is 0 Å². The first-order valence-electron chi connectivity index (χ1n) is 3.46. The van der Waals surface area contributed by atoms with Crippen LogP contribution in [0.25, 0.3) is 12.3 Å². The van der Waals surface area contributed by atoms with Gasteiger partial charge in [0.1, 0.15) is 3.70 Å². The van der Waals surface area contributed by atoms with Crippen LogP contribution in [0.3, 0.4) is 0 Å². The van der Waals surface area contributed by atoms with E-state index in [2.05, 4.69) is 38.6 Å². The Morgan fingerprint density at radius 1 is 1.58 bits per heavy atom. The average molecular weight is 271 g/mol. The summed E-state index contributed by atoms with van der Waals surface area (Å²) in [5, 5.41) is 6.41. The lowest BCUT2D eigenvalue weighted by atomic mass is 10.4. The molecule has 60 valence electrons. The first kappa shape index (κ1) is 7.76. The SMILES string of the molecule is Cn1nc(I)c2c1=CN=C=CC=2. The smallest absolute Gasteiger partial charge is 0.131 e. The molecule has 2 heterocycles. The van der Waals surface area contributed by atoms with Crippen LogP contribution in [-0.4, -0.2) is 15.7 Å². The molecule has 1 aromatic heterocycles. The molecule has 0 radical (unpaired) electrons. The number of aryl methyl sites for hydroxylation is 1. The summed E-state index contributed by atoms with van der Waals surface area (Å²) in [7, 11) is 1.91. The Morgan fingerprint density at radius 2 is 2.42 bits per heavy atom. The van der Waals surface area contributed by atoms with Gasteiger partial charge in [0.2, 0.25) is 0 Å². The molecular formula is C8H6IN3. The normalized spacial score (nSPS) is 13.2. The maximum atomic E-state index is 4.27. The lowest BCUT2D eigenvalue weighted by Crippen LogP contribution is -2.27. The minimum absolute atomic E-state index is 0.997. The van der Waals surface area contributed by atoms with Crippen molar-refractivity contribution in [1.82, 2.24) is 9.78 Å². The molecular weight excluding hydrogens is 265 g/mol. The quantitative estimate of drug-likeness (QED) is 0.600. The zero-order chi connectivity index (χ0) is 8.55. The highest BCUT2D eigenvalue weighted by Gasteiger charge is 1.99. The third-order valence-electron chi connectivity index (χ3n) is 1.67. The first-order valence-corrected chi connectivity index (χ1v) is 4.54. The molecule has 0 bridgehead atoms. The summed E-state index contributed by atoms with van der Waals surface area (Å²) in [6, 6.07) is 0. The topological polar surface area (TPSA) is 30.2 Å². The van der Waals surface area contributed by atoms with Crippen molar-refractivity contribution < 1.29 is 0 Å². The van der Waals surface area contributed by atoms with E-state index in [0.717, 1.165) is 14.3 Å². The van der Waals surface area contributed by atoms with E-state index in [0.29, 0.717) is 0 Å². The lowest BCUT2D eigenvalue weighted by Gasteiger charge is -1.84. The number of fused-ring (bicyclic) bond motifs is 1. The molecule has 0 fully saturated rings. The molecule has 0 aliphatic carbocycles. The molecule has 0 saturated heterocycles. The number of aromatic nitrogens is 2. The Hall–Kier alpha value is -0.870. The molecule has 0 aromatic carbocycles. The third-order valence-corrected chi connectivity index (χ3v) is 2.47. The highest BCUT2D eigenvalue weighted by Crippen LogP contribution is 1.89. The molecule has 2 rings (SSSR count). The highest BCUT2D eigenvalue weighted by molar-refractivity contribution is 14.1. The number of halogens is 1. The van der Waals surface area contributed by atoms with Crippen molar-refractivity contribution in [2.75, 3.05) is 0 Å². The van der Waals surface area contributed by atoms with Crippen LogP contribution in [0.4, 0.5) is 0 Å². The van der Waals surface area contributed by atoms with Crippen molar-refractivity contribution in [1.29, 1.82) is 0 Å². The Labute approximate surface area is 82.9 Å². The maximum Gasteiger partial charge on any atom is 0.131 e. The van der Waals surface area contributed by atoms with E-state index in [4.69, 9.17) is 0 Å². The number of hydrogen-bond acceptors (Lipinski definition) is 2. The molecule has 0 N–H and O–H groups in total. The predicted octanol–water partition coefficient (Wildman–Crippen LogP) is -0.217. The van der Waals surface area contributed by atoms with E-state index in [1.54, 1.807) is 12.3 Å². The molecule has 0 amide bonds. The van der Waals surface area contributed by atoms with Crippen LogP contribution in [0, 0.1) is 3.70 Å². The van der Waals surface area contributed by atoms with E-state index in [9.17, 15) is 0 Å². The Kier molecular flexibility index (Phi) is 1.86. The van der Waals surface area contributed by atoms with Gasteiger partial charge in [-0.1, -0.05) is 0 Å². The van der Waals surface area contributed by atoms with Gasteiger partial charge in [0.05, 0.1) is 11.5 Å². The number of nitrogens with zero attached hydrogens (tertiary/aromatic N) is 3. The summed E-state index contributed by atoms with van der Waals surface area (Å²) < 4.78 is 2.81. The number of hydrogen-bond donors (Lipinski definition) is 0. The summed E-state index contributed by atoms with van der Waals surface area (Å²) >= 11 is 2.21. The number of allylic oxidation sites excluding steroid dienone is 1. The van der Waals surface area contributed by atoms with Crippen LogP contribution in [-0.2, 0) is 7.05 Å². The van der Waals surface area contributed by atoms with Gasteiger partial charge < -0.3 is 0 Å². The van der Waals surface area contributed by atoms with Crippen molar-refractivity contribution in [3.05, 3.63) is 20.3 Å². The Balaban J connectivity index is 2.97. The monoisotopic (exact) mass is 271 g/mol. The van der Waals surface area contributed by atoms with Gasteiger partial charge in [0.25, 0.3) is 0 Å². The molecule has 0 saturated carbocycles. The van der Waals surface area contributed by atoms with Crippen LogP contribution in [0.1, 0.15) is 0 Å². The maximum absolute atomic E-state index is 4.27. The third kappa shape index (κ3) is 1.13. The first-order chi connectivity index (χ1) is 5.79. The van der Waals surface area contributed by atoms with Crippen LogP contribution in [0.5, 0.6) is 0 Å². The van der Waals surface area contributed by atoms with E-state index in [1.807, 2.05) is 17.8 Å². The van der Waals surface area contributed by atoms with Gasteiger partial charge in [0.15, 0.2) is 0 Å². The van der Waals surface area contributed by atoms with E-state index < -0.39 is 0 Å². The van der Waals surface area contributed by atoms with Crippen LogP contribution in [0.2, 0.25) is 0 Å². The zero-order valence-electron chi connectivity index (χ0n) is 6.45. The van der Waals surface area contributed by atoms with Gasteiger partial charge in [0, 0.05) is 18.3 Å². The van der Waals surface area contributed by atoms with Crippen molar-refractivity contribution in [3.63, 3.8) is 0 Å². The van der Waals surface area contributed by atoms with Gasteiger partial charge in [-0.3, -0.25) is 4.68 Å². The van der Waals surface area contributed by atoms with Crippen LogP contribution >= 0.6 is 22.6 Å². The summed E-state index contributed by atoms with van der Waals surface area (Å²) in [5.74, 6) is 2.78. The minimum atomic E-state index is 0.997. The van der Waals surface area contributed by atoms with Crippen molar-refractivity contribution in [2.24, 2.45) is 12.0 Å². The molecule has 0 spiro atoms. The Bertz CT molecular complexity index is 449. The second-order valence-corrected chi connectivity index (χ2v) is 3.46. The van der Waals surface area contributed by atoms with Gasteiger partial charge in [-0.2, -0.15) is 5.10 Å². The summed E-state index contributed by atoms with van der Waals surface area (Å²) in [4.78, 5) is 3.96. The highest BCUT2D eigenvalue weighted by atomic mass is 127. The molecule has 0 atom stereocenters. The second kappa shape index (κ2) is 2.88. The number of aliphatic imine (C=N–C) groups is 1. The average Bonchev–Trinajstić information content (AvgIpc) is 2.29. The molecule has 1 aromatic rings. The van der Waals surface area contributed by atoms with Crippen LogP contribution in [0.15, 0.2) is 11.1 Å². The van der Waals surface area contributed by atoms with E-state index in [1.165, 1.54) is 0 Å². The fraction of sp³-hybridized carbons (Fsp3) is 0.125. The fourth-order valence-corrected chi connectivity index (χ4v) is 1.87. The zero-order valence-corrected chi connectivity index (χ0v) is 8.61. The number of rotatable bonds is 0. The van der Waals surface area contributed by atoms with Crippen LogP contribution < -0.4 is 10.6 Å². The molecule has 4 heteroatoms. The molecule has 1 aliphatic heterocycles. The van der Waals surface area contributed by atoms with Crippen molar-refractivity contribution in [3.8, 4) is 0 Å². The Morgan fingerprint density at radius 3 is 3.25 bits per heavy atom. The standard InChI is InChI=1S/C8H6IN3/c1-12-7-5-10-4-2-3-6(7)8(9)11-12/h2-3,5H,1H3. The van der Waals surface area contributed by atoms with E-state index >= 15 is 0 Å². The van der Waals surface area contributed by atoms with E-state index in [-0.39, 0.29) is 0 Å². The summed E-state index contributed by atoms with van der Waals surface area (Å²) in [6.07, 6.45) is 5.54. The predicted molar refractivity (Wildman–Crippen MR) is 56.1 cm³/mol. The summed E-state index contributed by atoms with van der Waals surface area (Å²) in [6.45, 7) is 0.